The van der Waals surface area contributed by atoms with Crippen LogP contribution in [0.2, 0.25) is 0 Å². The first-order valence-corrected chi connectivity index (χ1v) is 5.81. The molecule has 1 N–H and O–H groups in total. The molecule has 0 saturated carbocycles. The van der Waals surface area contributed by atoms with Gasteiger partial charge >= 0.3 is 0 Å². The summed E-state index contributed by atoms with van der Waals surface area (Å²) in [6.07, 6.45) is 0. The zero-order valence-corrected chi connectivity index (χ0v) is 10.6. The standard InChI is InChI=1S/C13H13FN2O3/c1-7-3-4-9(10(14)5-7)13(19)16-6-11(17)15-12(18)8(16)2/h3-5,8H,6H2,1-2H3,(H,15,17,18). The van der Waals surface area contributed by atoms with Crippen LogP contribution in [0.4, 0.5) is 4.39 Å². The van der Waals surface area contributed by atoms with Crippen LogP contribution in [-0.4, -0.2) is 35.2 Å². The molecule has 6 heteroatoms. The molecule has 1 aromatic rings. The van der Waals surface area contributed by atoms with E-state index in [9.17, 15) is 18.8 Å². The van der Waals surface area contributed by atoms with E-state index in [-0.39, 0.29) is 12.1 Å². The van der Waals surface area contributed by atoms with E-state index in [4.69, 9.17) is 0 Å². The molecule has 1 unspecified atom stereocenters. The van der Waals surface area contributed by atoms with Crippen molar-refractivity contribution in [1.82, 2.24) is 10.2 Å². The third-order valence-electron chi connectivity index (χ3n) is 3.04. The van der Waals surface area contributed by atoms with Crippen molar-refractivity contribution in [2.45, 2.75) is 19.9 Å². The highest BCUT2D eigenvalue weighted by molar-refractivity contribution is 6.07. The minimum atomic E-state index is -0.800. The Morgan fingerprint density at radius 3 is 2.74 bits per heavy atom. The van der Waals surface area contributed by atoms with E-state index < -0.39 is 29.6 Å². The molecule has 0 radical (unpaired) electrons. The third kappa shape index (κ3) is 2.47. The number of carbonyl (C=O) groups is 3. The Hall–Kier alpha value is -2.24. The Balaban J connectivity index is 2.32. The van der Waals surface area contributed by atoms with Gasteiger partial charge in [0, 0.05) is 0 Å². The van der Waals surface area contributed by atoms with Crippen molar-refractivity contribution in [3.8, 4) is 0 Å². The quantitative estimate of drug-likeness (QED) is 0.756. The second-order valence-corrected chi connectivity index (χ2v) is 4.50. The van der Waals surface area contributed by atoms with E-state index in [0.29, 0.717) is 5.56 Å². The molecule has 1 fully saturated rings. The van der Waals surface area contributed by atoms with Crippen LogP contribution in [0.1, 0.15) is 22.8 Å². The molecule has 1 atom stereocenters. The number of hydrogen-bond acceptors (Lipinski definition) is 3. The summed E-state index contributed by atoms with van der Waals surface area (Å²) in [5.41, 5.74) is 0.550. The molecular weight excluding hydrogens is 251 g/mol. The summed E-state index contributed by atoms with van der Waals surface area (Å²) in [5, 5.41) is 2.12. The van der Waals surface area contributed by atoms with E-state index in [1.807, 2.05) is 0 Å². The number of piperazine rings is 1. The van der Waals surface area contributed by atoms with Crippen LogP contribution in [-0.2, 0) is 9.59 Å². The first-order chi connectivity index (χ1) is 8.90. The maximum atomic E-state index is 13.7. The summed E-state index contributed by atoms with van der Waals surface area (Å²) in [5.74, 6) is -2.44. The van der Waals surface area contributed by atoms with E-state index in [1.165, 1.54) is 19.1 Å². The van der Waals surface area contributed by atoms with E-state index in [0.717, 1.165) is 4.90 Å². The second-order valence-electron chi connectivity index (χ2n) is 4.50. The Morgan fingerprint density at radius 1 is 1.42 bits per heavy atom. The van der Waals surface area contributed by atoms with Gasteiger partial charge in [-0.05, 0) is 31.5 Å². The number of rotatable bonds is 1. The lowest BCUT2D eigenvalue weighted by atomic mass is 10.1. The average molecular weight is 264 g/mol. The lowest BCUT2D eigenvalue weighted by Gasteiger charge is -2.31. The zero-order chi connectivity index (χ0) is 14.2. The van der Waals surface area contributed by atoms with Crippen LogP contribution in [0.5, 0.6) is 0 Å². The fourth-order valence-electron chi connectivity index (χ4n) is 1.91. The van der Waals surface area contributed by atoms with E-state index >= 15 is 0 Å². The van der Waals surface area contributed by atoms with Crippen LogP contribution in [0.25, 0.3) is 0 Å². The van der Waals surface area contributed by atoms with Gasteiger partial charge in [-0.25, -0.2) is 4.39 Å². The number of benzene rings is 1. The minimum Gasteiger partial charge on any atom is -0.317 e. The number of halogens is 1. The Bertz CT molecular complexity index is 571. The molecule has 100 valence electrons. The summed E-state index contributed by atoms with van der Waals surface area (Å²) in [4.78, 5) is 36.0. The van der Waals surface area contributed by atoms with Crippen molar-refractivity contribution < 1.29 is 18.8 Å². The fourth-order valence-corrected chi connectivity index (χ4v) is 1.91. The third-order valence-corrected chi connectivity index (χ3v) is 3.04. The lowest BCUT2D eigenvalue weighted by Crippen LogP contribution is -2.58. The molecule has 0 bridgehead atoms. The molecule has 19 heavy (non-hydrogen) atoms. The van der Waals surface area contributed by atoms with Crippen molar-refractivity contribution in [2.24, 2.45) is 0 Å². The van der Waals surface area contributed by atoms with E-state index in [1.54, 1.807) is 13.0 Å². The molecule has 3 amide bonds. The van der Waals surface area contributed by atoms with Crippen molar-refractivity contribution in [3.05, 3.63) is 35.1 Å². The predicted molar refractivity (Wildman–Crippen MR) is 64.8 cm³/mol. The normalized spacial score (nSPS) is 19.3. The first-order valence-electron chi connectivity index (χ1n) is 5.81. The van der Waals surface area contributed by atoms with Gasteiger partial charge in [0.1, 0.15) is 18.4 Å². The molecule has 1 heterocycles. The largest absolute Gasteiger partial charge is 0.317 e. The highest BCUT2D eigenvalue weighted by Crippen LogP contribution is 2.15. The average Bonchev–Trinajstić information content (AvgIpc) is 2.33. The summed E-state index contributed by atoms with van der Waals surface area (Å²) >= 11 is 0. The molecule has 1 aliphatic rings. The minimum absolute atomic E-state index is 0.139. The molecule has 1 aromatic carbocycles. The van der Waals surface area contributed by atoms with Crippen molar-refractivity contribution >= 4 is 17.7 Å². The molecule has 0 spiro atoms. The molecule has 1 saturated heterocycles. The van der Waals surface area contributed by atoms with E-state index in [2.05, 4.69) is 5.32 Å². The van der Waals surface area contributed by atoms with Crippen molar-refractivity contribution in [2.75, 3.05) is 6.54 Å². The SMILES string of the molecule is Cc1ccc(C(=O)N2CC(=O)NC(=O)C2C)c(F)c1. The maximum absolute atomic E-state index is 13.7. The molecule has 0 aromatic heterocycles. The molecular formula is C13H13FN2O3. The molecule has 5 nitrogen and oxygen atoms in total. The number of nitrogens with one attached hydrogen (secondary N) is 1. The number of aryl methyl sites for hydroxylation is 1. The lowest BCUT2D eigenvalue weighted by molar-refractivity contribution is -0.138. The Labute approximate surface area is 109 Å². The van der Waals surface area contributed by atoms with Gasteiger partial charge in [0.25, 0.3) is 5.91 Å². The zero-order valence-electron chi connectivity index (χ0n) is 10.6. The van der Waals surface area contributed by atoms with Gasteiger partial charge in [-0.15, -0.1) is 0 Å². The molecule has 1 aliphatic heterocycles. The number of carbonyl (C=O) groups excluding carboxylic acids is 3. The van der Waals surface area contributed by atoms with Gasteiger partial charge in [-0.1, -0.05) is 6.07 Å². The highest BCUT2D eigenvalue weighted by atomic mass is 19.1. The number of hydrogen-bond donors (Lipinski definition) is 1. The van der Waals surface area contributed by atoms with Crippen molar-refractivity contribution in [1.29, 1.82) is 0 Å². The Morgan fingerprint density at radius 2 is 2.11 bits per heavy atom. The van der Waals surface area contributed by atoms with Crippen LogP contribution >= 0.6 is 0 Å². The topological polar surface area (TPSA) is 66.5 Å². The van der Waals surface area contributed by atoms with Crippen LogP contribution in [0.3, 0.4) is 0 Å². The Kier molecular flexibility index (Phi) is 3.33. The van der Waals surface area contributed by atoms with Gasteiger partial charge in [-0.3, -0.25) is 19.7 Å². The molecule has 0 aliphatic carbocycles. The summed E-state index contributed by atoms with van der Waals surface area (Å²) < 4.78 is 13.7. The van der Waals surface area contributed by atoms with Crippen LogP contribution < -0.4 is 5.32 Å². The maximum Gasteiger partial charge on any atom is 0.257 e. The molecule has 2 rings (SSSR count). The predicted octanol–water partition coefficient (Wildman–Crippen LogP) is 0.621. The van der Waals surface area contributed by atoms with Gasteiger partial charge in [0.05, 0.1) is 5.56 Å². The van der Waals surface area contributed by atoms with Gasteiger partial charge in [0.2, 0.25) is 11.8 Å². The number of nitrogens with zero attached hydrogens (tertiary/aromatic N) is 1. The second kappa shape index (κ2) is 4.79. The number of amides is 3. The van der Waals surface area contributed by atoms with Crippen LogP contribution in [0.15, 0.2) is 18.2 Å². The smallest absolute Gasteiger partial charge is 0.257 e. The van der Waals surface area contributed by atoms with Gasteiger partial charge < -0.3 is 4.90 Å². The van der Waals surface area contributed by atoms with Crippen LogP contribution in [0, 0.1) is 12.7 Å². The van der Waals surface area contributed by atoms with Gasteiger partial charge in [0.15, 0.2) is 0 Å². The van der Waals surface area contributed by atoms with Gasteiger partial charge in [-0.2, -0.15) is 0 Å². The summed E-state index contributed by atoms with van der Waals surface area (Å²) in [6, 6.07) is 3.40. The summed E-state index contributed by atoms with van der Waals surface area (Å²) in [6.45, 7) is 2.95. The monoisotopic (exact) mass is 264 g/mol. The summed E-state index contributed by atoms with van der Waals surface area (Å²) in [7, 11) is 0. The first kappa shape index (κ1) is 13.2. The van der Waals surface area contributed by atoms with Crippen molar-refractivity contribution in [3.63, 3.8) is 0 Å². The fraction of sp³-hybridized carbons (Fsp3) is 0.308. The highest BCUT2D eigenvalue weighted by Gasteiger charge is 2.34. The number of imide groups is 1.